The van der Waals surface area contributed by atoms with Crippen molar-refractivity contribution in [1.29, 1.82) is 0 Å². The van der Waals surface area contributed by atoms with Crippen LogP contribution in [0.1, 0.15) is 28.4 Å². The predicted octanol–water partition coefficient (Wildman–Crippen LogP) is 2.75. The molecule has 1 N–H and O–H groups in total. The van der Waals surface area contributed by atoms with Gasteiger partial charge in [-0.1, -0.05) is 12.1 Å². The molecule has 6 nitrogen and oxygen atoms in total. The molecule has 0 radical (unpaired) electrons. The fraction of sp³-hybridized carbons (Fsp3) is 0.350. The number of carbonyl (C=O) groups excluding carboxylic acids is 2. The Labute approximate surface area is 153 Å². The van der Waals surface area contributed by atoms with Gasteiger partial charge in [-0.2, -0.15) is 0 Å². The smallest absolute Gasteiger partial charge is 0.255 e. The quantitative estimate of drug-likeness (QED) is 0.922. The van der Waals surface area contributed by atoms with Gasteiger partial charge in [-0.15, -0.1) is 0 Å². The molecule has 2 amide bonds. The lowest BCUT2D eigenvalue weighted by Crippen LogP contribution is -2.50. The average Bonchev–Trinajstić information content (AvgIpc) is 2.65. The summed E-state index contributed by atoms with van der Waals surface area (Å²) >= 11 is 0. The van der Waals surface area contributed by atoms with E-state index in [1.54, 1.807) is 29.0 Å². The number of hydrogen-bond donors (Lipinski definition) is 1. The number of piperazine rings is 1. The fourth-order valence-corrected chi connectivity index (χ4v) is 3.01. The van der Waals surface area contributed by atoms with E-state index in [2.05, 4.69) is 28.5 Å². The minimum atomic E-state index is -0.0426. The summed E-state index contributed by atoms with van der Waals surface area (Å²) in [5.41, 5.74) is 3.89. The standard InChI is InChI=1S/C20H24N4O2/c1-14-4-5-15(2)18(12-14)22-19-7-6-17(13-21-19)20(26)24-10-8-23(9-11-24)16(3)25/h4-7,12-13H,8-11H2,1-3H3,(H,21,22). The van der Waals surface area contributed by atoms with Crippen LogP contribution in [0.4, 0.5) is 11.5 Å². The van der Waals surface area contributed by atoms with Crippen molar-refractivity contribution in [2.45, 2.75) is 20.8 Å². The van der Waals surface area contributed by atoms with Crippen LogP contribution in [0.25, 0.3) is 0 Å². The molecule has 0 aliphatic carbocycles. The molecule has 3 rings (SSSR count). The molecule has 0 unspecified atom stereocenters. The van der Waals surface area contributed by atoms with E-state index in [4.69, 9.17) is 0 Å². The lowest BCUT2D eigenvalue weighted by Gasteiger charge is -2.34. The Kier molecular flexibility index (Phi) is 5.21. The summed E-state index contributed by atoms with van der Waals surface area (Å²) in [6, 6.07) is 9.82. The molecule has 1 aliphatic heterocycles. The monoisotopic (exact) mass is 352 g/mol. The average molecular weight is 352 g/mol. The molecule has 6 heteroatoms. The Balaban J connectivity index is 1.65. The summed E-state index contributed by atoms with van der Waals surface area (Å²) in [5.74, 6) is 0.719. The van der Waals surface area contributed by atoms with Gasteiger partial charge in [0.05, 0.1) is 5.56 Å². The summed E-state index contributed by atoms with van der Waals surface area (Å²) in [6.45, 7) is 7.93. The van der Waals surface area contributed by atoms with Gasteiger partial charge >= 0.3 is 0 Å². The maximum absolute atomic E-state index is 12.6. The Bertz CT molecular complexity index is 809. The van der Waals surface area contributed by atoms with Gasteiger partial charge in [-0.3, -0.25) is 9.59 Å². The van der Waals surface area contributed by atoms with Crippen LogP contribution in [0.3, 0.4) is 0 Å². The molecular weight excluding hydrogens is 328 g/mol. The van der Waals surface area contributed by atoms with E-state index in [-0.39, 0.29) is 11.8 Å². The van der Waals surface area contributed by atoms with Crippen molar-refractivity contribution in [2.75, 3.05) is 31.5 Å². The van der Waals surface area contributed by atoms with Gasteiger partial charge in [0.15, 0.2) is 0 Å². The summed E-state index contributed by atoms with van der Waals surface area (Å²) in [6.07, 6.45) is 1.60. The lowest BCUT2D eigenvalue weighted by molar-refractivity contribution is -0.130. The number of amides is 2. The number of pyridine rings is 1. The third-order valence-corrected chi connectivity index (χ3v) is 4.68. The zero-order valence-corrected chi connectivity index (χ0v) is 15.5. The maximum Gasteiger partial charge on any atom is 0.255 e. The van der Waals surface area contributed by atoms with Crippen LogP contribution in [-0.2, 0) is 4.79 Å². The van der Waals surface area contributed by atoms with Crippen LogP contribution < -0.4 is 5.32 Å². The maximum atomic E-state index is 12.6. The van der Waals surface area contributed by atoms with E-state index >= 15 is 0 Å². The van der Waals surface area contributed by atoms with Crippen LogP contribution in [0.5, 0.6) is 0 Å². The molecule has 1 fully saturated rings. The zero-order valence-electron chi connectivity index (χ0n) is 15.5. The van der Waals surface area contributed by atoms with Crippen molar-refractivity contribution in [1.82, 2.24) is 14.8 Å². The minimum absolute atomic E-state index is 0.0426. The summed E-state index contributed by atoms with van der Waals surface area (Å²) < 4.78 is 0. The van der Waals surface area contributed by atoms with Crippen LogP contribution >= 0.6 is 0 Å². The number of benzene rings is 1. The number of aromatic nitrogens is 1. The molecule has 0 atom stereocenters. The van der Waals surface area contributed by atoms with E-state index in [1.165, 1.54) is 5.56 Å². The number of carbonyl (C=O) groups is 2. The van der Waals surface area contributed by atoms with E-state index in [0.29, 0.717) is 37.6 Å². The molecule has 1 aromatic heterocycles. The van der Waals surface area contributed by atoms with Crippen molar-refractivity contribution < 1.29 is 9.59 Å². The number of nitrogens with zero attached hydrogens (tertiary/aromatic N) is 3. The summed E-state index contributed by atoms with van der Waals surface area (Å²) in [7, 11) is 0. The topological polar surface area (TPSA) is 65.5 Å². The zero-order chi connectivity index (χ0) is 18.7. The molecule has 136 valence electrons. The van der Waals surface area contributed by atoms with Crippen LogP contribution in [-0.4, -0.2) is 52.8 Å². The molecule has 0 spiro atoms. The van der Waals surface area contributed by atoms with Crippen LogP contribution in [0, 0.1) is 13.8 Å². The molecule has 0 bridgehead atoms. The second-order valence-corrected chi connectivity index (χ2v) is 6.67. The highest BCUT2D eigenvalue weighted by molar-refractivity contribution is 5.94. The first-order valence-corrected chi connectivity index (χ1v) is 8.79. The highest BCUT2D eigenvalue weighted by atomic mass is 16.2. The van der Waals surface area contributed by atoms with E-state index in [0.717, 1.165) is 11.3 Å². The van der Waals surface area contributed by atoms with E-state index in [1.807, 2.05) is 19.9 Å². The van der Waals surface area contributed by atoms with E-state index < -0.39 is 0 Å². The van der Waals surface area contributed by atoms with Gasteiger partial charge in [-0.05, 0) is 43.2 Å². The summed E-state index contributed by atoms with van der Waals surface area (Å²) in [5, 5.41) is 3.30. The first-order valence-electron chi connectivity index (χ1n) is 8.79. The van der Waals surface area contributed by atoms with Crippen molar-refractivity contribution in [3.05, 3.63) is 53.2 Å². The van der Waals surface area contributed by atoms with Gasteiger partial charge in [0.1, 0.15) is 5.82 Å². The Morgan fingerprint density at radius 2 is 1.69 bits per heavy atom. The molecule has 2 heterocycles. The second-order valence-electron chi connectivity index (χ2n) is 6.67. The highest BCUT2D eigenvalue weighted by Gasteiger charge is 2.23. The second kappa shape index (κ2) is 7.56. The van der Waals surface area contributed by atoms with Crippen molar-refractivity contribution in [3.63, 3.8) is 0 Å². The van der Waals surface area contributed by atoms with E-state index in [9.17, 15) is 9.59 Å². The molecule has 1 aliphatic rings. The molecule has 1 saturated heterocycles. The van der Waals surface area contributed by atoms with Crippen LogP contribution in [0.15, 0.2) is 36.5 Å². The Morgan fingerprint density at radius 3 is 2.31 bits per heavy atom. The van der Waals surface area contributed by atoms with Crippen molar-refractivity contribution in [3.8, 4) is 0 Å². The number of nitrogens with one attached hydrogen (secondary N) is 1. The van der Waals surface area contributed by atoms with Crippen LogP contribution in [0.2, 0.25) is 0 Å². The SMILES string of the molecule is CC(=O)N1CCN(C(=O)c2ccc(Nc3cc(C)ccc3C)nc2)CC1. The highest BCUT2D eigenvalue weighted by Crippen LogP contribution is 2.21. The number of hydrogen-bond acceptors (Lipinski definition) is 4. The Hall–Kier alpha value is -2.89. The van der Waals surface area contributed by atoms with Crippen molar-refractivity contribution >= 4 is 23.3 Å². The van der Waals surface area contributed by atoms with Gasteiger partial charge in [0, 0.05) is 45.0 Å². The normalized spacial score (nSPS) is 14.3. The first-order chi connectivity index (χ1) is 12.4. The molecule has 26 heavy (non-hydrogen) atoms. The fourth-order valence-electron chi connectivity index (χ4n) is 3.01. The number of aryl methyl sites for hydroxylation is 2. The Morgan fingerprint density at radius 1 is 1.00 bits per heavy atom. The lowest BCUT2D eigenvalue weighted by atomic mass is 10.1. The van der Waals surface area contributed by atoms with Gasteiger partial charge in [-0.25, -0.2) is 4.98 Å². The van der Waals surface area contributed by atoms with Gasteiger partial charge < -0.3 is 15.1 Å². The molecule has 2 aromatic rings. The number of rotatable bonds is 3. The molecule has 1 aromatic carbocycles. The largest absolute Gasteiger partial charge is 0.340 e. The third-order valence-electron chi connectivity index (χ3n) is 4.68. The summed E-state index contributed by atoms with van der Waals surface area (Å²) in [4.78, 5) is 31.9. The first kappa shape index (κ1) is 17.9. The minimum Gasteiger partial charge on any atom is -0.340 e. The molecule has 0 saturated carbocycles. The molecular formula is C20H24N4O2. The third kappa shape index (κ3) is 4.02. The number of anilines is 2. The predicted molar refractivity (Wildman–Crippen MR) is 102 cm³/mol. The van der Waals surface area contributed by atoms with Gasteiger partial charge in [0.2, 0.25) is 5.91 Å². The van der Waals surface area contributed by atoms with Gasteiger partial charge in [0.25, 0.3) is 5.91 Å². The van der Waals surface area contributed by atoms with Crippen molar-refractivity contribution in [2.24, 2.45) is 0 Å².